The van der Waals surface area contributed by atoms with Crippen LogP contribution in [0.5, 0.6) is 23.0 Å². The quantitative estimate of drug-likeness (QED) is 0.0836. The molecule has 7 rings (SSSR count). The van der Waals surface area contributed by atoms with E-state index in [1.807, 2.05) is 72.8 Å². The van der Waals surface area contributed by atoms with Crippen molar-refractivity contribution in [2.24, 2.45) is 0 Å². The van der Waals surface area contributed by atoms with Crippen LogP contribution in [0.4, 0.5) is 0 Å². The van der Waals surface area contributed by atoms with E-state index in [0.29, 0.717) is 29.6 Å². The SMILES string of the molecule is OCCCCc1ccc([SeH])cc1.OCc1ccc([SeH])cc1.Oc1ccc(-c2ccc([SeH])cc2)cc1.Oc1ccc(CCCC[SeH])cc1.Oc1ccc(C[SeH])cc1.Oc1ccc([SeH])cc1. The second-order valence-corrected chi connectivity index (χ2v) is 19.9. The van der Waals surface area contributed by atoms with Gasteiger partial charge in [-0.1, -0.05) is 0 Å². The Morgan fingerprint density at radius 3 is 0.938 bits per heavy atom. The van der Waals surface area contributed by atoms with E-state index < -0.39 is 0 Å². The molecule has 64 heavy (non-hydrogen) atoms. The van der Waals surface area contributed by atoms with Gasteiger partial charge in [0.25, 0.3) is 0 Å². The summed E-state index contributed by atoms with van der Waals surface area (Å²) in [5, 5.41) is 55.1. The zero-order chi connectivity index (χ0) is 47.0. The Kier molecular flexibility index (Phi) is 31.2. The van der Waals surface area contributed by atoms with Gasteiger partial charge < -0.3 is 0 Å². The van der Waals surface area contributed by atoms with Crippen molar-refractivity contribution in [1.29, 1.82) is 0 Å². The van der Waals surface area contributed by atoms with E-state index in [4.69, 9.17) is 30.6 Å². The molecule has 0 fully saturated rings. The molecule has 6 nitrogen and oxygen atoms in total. The van der Waals surface area contributed by atoms with Crippen LogP contribution in [0, 0.1) is 0 Å². The van der Waals surface area contributed by atoms with Crippen molar-refractivity contribution in [3.8, 4) is 34.1 Å². The zero-order valence-electron chi connectivity index (χ0n) is 35.6. The third-order valence-corrected chi connectivity index (χ3v) is 12.7. The van der Waals surface area contributed by atoms with Gasteiger partial charge in [-0.15, -0.1) is 0 Å². The molecule has 7 aromatic carbocycles. The number of aromatic hydroxyl groups is 4. The van der Waals surface area contributed by atoms with E-state index in [2.05, 4.69) is 145 Å². The molecule has 0 bridgehead atoms. The first kappa shape index (κ1) is 56.9. The van der Waals surface area contributed by atoms with E-state index in [-0.39, 0.29) is 6.61 Å². The third kappa shape index (κ3) is 27.3. The van der Waals surface area contributed by atoms with Gasteiger partial charge >= 0.3 is 433 Å². The second-order valence-electron chi connectivity index (χ2n) is 14.0. The minimum absolute atomic E-state index is 0.132. The van der Waals surface area contributed by atoms with E-state index in [0.717, 1.165) is 46.6 Å². The Hall–Kier alpha value is -3.22. The van der Waals surface area contributed by atoms with Gasteiger partial charge in [-0.25, -0.2) is 0 Å². The molecular weight excluding hydrogens is 1190 g/mol. The maximum atomic E-state index is 9.15. The van der Waals surface area contributed by atoms with Gasteiger partial charge in [-0.3, -0.25) is 0 Å². The van der Waals surface area contributed by atoms with Crippen LogP contribution in [0.3, 0.4) is 0 Å². The molecule has 7 aromatic rings. The number of phenolic OH excluding ortho intramolecular Hbond substituents is 4. The van der Waals surface area contributed by atoms with Gasteiger partial charge in [0.15, 0.2) is 0 Å². The van der Waals surface area contributed by atoms with Crippen LogP contribution in [-0.4, -0.2) is 133 Å². The first-order valence-corrected chi connectivity index (χ1v) is 26.9. The van der Waals surface area contributed by atoms with E-state index >= 15 is 0 Å². The van der Waals surface area contributed by atoms with Crippen LogP contribution in [0.2, 0.25) is 5.32 Å². The van der Waals surface area contributed by atoms with Crippen molar-refractivity contribution in [2.45, 2.75) is 55.8 Å². The van der Waals surface area contributed by atoms with Crippen LogP contribution >= 0.6 is 0 Å². The number of aryl methyl sites for hydroxylation is 2. The first-order chi connectivity index (χ1) is 30.8. The van der Waals surface area contributed by atoms with Crippen LogP contribution in [0.25, 0.3) is 11.1 Å². The van der Waals surface area contributed by atoms with Gasteiger partial charge in [-0.2, -0.15) is 0 Å². The number of aliphatic hydroxyl groups is 2. The molecule has 0 spiro atoms. The number of unbranched alkanes of at least 4 members (excludes halogenated alkanes) is 2. The summed E-state index contributed by atoms with van der Waals surface area (Å²) in [5.74, 6) is 1.31. The van der Waals surface area contributed by atoms with Crippen LogP contribution in [0.15, 0.2) is 170 Å². The maximum absolute atomic E-state index is 9.15. The van der Waals surface area contributed by atoms with Crippen LogP contribution < -0.4 is 17.8 Å². The Bertz CT molecular complexity index is 2040. The first-order valence-electron chi connectivity index (χ1n) is 20.5. The van der Waals surface area contributed by atoms with Crippen molar-refractivity contribution < 1.29 is 30.6 Å². The van der Waals surface area contributed by atoms with Crippen molar-refractivity contribution in [2.75, 3.05) is 6.61 Å². The molecule has 0 aromatic heterocycles. The number of benzene rings is 7. The molecule has 0 radical (unpaired) electrons. The molecule has 0 heterocycles. The molecule has 0 unspecified atom stereocenters. The fraction of sp³-hybridized carbons (Fsp3) is 0.192. The molecule has 0 aliphatic carbocycles. The van der Waals surface area contributed by atoms with E-state index in [9.17, 15) is 0 Å². The average molecular weight is 1250 g/mol. The number of hydrogen-bond donors (Lipinski definition) is 6. The van der Waals surface area contributed by atoms with Gasteiger partial charge in [-0.05, 0) is 0 Å². The molecule has 340 valence electrons. The molecule has 0 amide bonds. The average Bonchev–Trinajstić information content (AvgIpc) is 3.31. The van der Waals surface area contributed by atoms with Gasteiger partial charge in [0.05, 0.1) is 0 Å². The predicted molar refractivity (Wildman–Crippen MR) is 280 cm³/mol. The predicted octanol–water partition coefficient (Wildman–Crippen LogP) is 4.56. The summed E-state index contributed by atoms with van der Waals surface area (Å²) in [6.07, 6.45) is 6.69. The molecule has 0 saturated heterocycles. The Balaban J connectivity index is 0.000000267. The summed E-state index contributed by atoms with van der Waals surface area (Å²) in [4.78, 5) is 0. The Labute approximate surface area is 429 Å². The topological polar surface area (TPSA) is 121 Å². The number of phenols is 4. The van der Waals surface area contributed by atoms with Gasteiger partial charge in [0, 0.05) is 0 Å². The van der Waals surface area contributed by atoms with E-state index in [1.54, 1.807) is 48.5 Å². The standard InChI is InChI=1S/C12H10OSe.2C10H14OSe.2C7H8OSe.C6H6OSe/c13-11-5-1-9(2-6-11)10-3-7-12(14)8-4-10;11-10-6-4-9(5-7-10)3-1-2-8-12;11-8-2-1-3-9-4-6-10(12)7-5-9;8-7-3-1-6(5-9)2-4-7;8-5-6-1-3-7(9)4-2-6;7-5-1-3-6(8)4-2-5/h1-8,13-14H;2*4-7,11-12H,1-3,8H2;2*1-4,8-9H,5H2;1-4,7-8H. The van der Waals surface area contributed by atoms with E-state index in [1.165, 1.54) is 53.8 Å². The second kappa shape index (κ2) is 35.0. The Morgan fingerprint density at radius 1 is 0.312 bits per heavy atom. The van der Waals surface area contributed by atoms with Crippen molar-refractivity contribution >= 4 is 114 Å². The molecule has 12 heteroatoms. The van der Waals surface area contributed by atoms with Gasteiger partial charge in [0.2, 0.25) is 0 Å². The summed E-state index contributed by atoms with van der Waals surface area (Å²) in [6.45, 7) is 0.441. The van der Waals surface area contributed by atoms with Crippen molar-refractivity contribution in [1.82, 2.24) is 0 Å². The molecule has 6 N–H and O–H groups in total. The summed E-state index contributed by atoms with van der Waals surface area (Å²) in [6, 6.07) is 53.4. The molecule has 0 saturated carbocycles. The summed E-state index contributed by atoms with van der Waals surface area (Å²) in [7, 11) is 0. The minimum atomic E-state index is 0.132. The van der Waals surface area contributed by atoms with Crippen LogP contribution in [-0.2, 0) is 24.8 Å². The van der Waals surface area contributed by atoms with Crippen molar-refractivity contribution in [3.63, 3.8) is 0 Å². The number of hydrogen-bond acceptors (Lipinski definition) is 6. The molecule has 0 aliphatic rings. The monoisotopic (exact) mass is 1260 g/mol. The zero-order valence-corrected chi connectivity index (χ0v) is 46.9. The number of aliphatic hydroxyl groups excluding tert-OH is 2. The van der Waals surface area contributed by atoms with Gasteiger partial charge in [0.1, 0.15) is 0 Å². The summed E-state index contributed by atoms with van der Waals surface area (Å²) in [5.41, 5.74) is 7.15. The molecular formula is C52H60O6Se6. The molecule has 0 aliphatic heterocycles. The summed E-state index contributed by atoms with van der Waals surface area (Å²) >= 11 is 15.0. The van der Waals surface area contributed by atoms with Crippen LogP contribution in [0.1, 0.15) is 47.9 Å². The fourth-order valence-corrected chi connectivity index (χ4v) is 7.33. The Morgan fingerprint density at radius 2 is 0.594 bits per heavy atom. The third-order valence-electron chi connectivity index (χ3n) is 8.78. The normalized spacial score (nSPS) is 9.81. The molecule has 0 atom stereocenters. The fourth-order valence-electron chi connectivity index (χ4n) is 5.17. The number of rotatable bonds is 11. The summed E-state index contributed by atoms with van der Waals surface area (Å²) < 4.78 is 4.71. The van der Waals surface area contributed by atoms with Crippen molar-refractivity contribution in [3.05, 3.63) is 192 Å².